The summed E-state index contributed by atoms with van der Waals surface area (Å²) in [6.45, 7) is 3.59. The molecule has 0 spiro atoms. The highest BCUT2D eigenvalue weighted by Crippen LogP contribution is 2.31. The molecule has 22 heavy (non-hydrogen) atoms. The standard InChI is InChI=1S/C14H13BrN2O4S/c1-2-13(18)17(15)8-9-4-3-5-11-10(9)6-7-12(16)14(11)22(19,20)21/h2-7H,1,8,16H2,(H,19,20,21). The van der Waals surface area contributed by atoms with E-state index in [1.54, 1.807) is 24.3 Å². The van der Waals surface area contributed by atoms with Crippen molar-refractivity contribution in [2.24, 2.45) is 0 Å². The number of hydrogen-bond donors (Lipinski definition) is 2. The number of nitrogen functional groups attached to an aromatic ring is 1. The lowest BCUT2D eigenvalue weighted by Crippen LogP contribution is -2.18. The number of anilines is 1. The zero-order chi connectivity index (χ0) is 16.5. The van der Waals surface area contributed by atoms with Crippen LogP contribution < -0.4 is 5.73 Å². The topological polar surface area (TPSA) is 101 Å². The molecular weight excluding hydrogens is 372 g/mol. The van der Waals surface area contributed by atoms with Gasteiger partial charge in [-0.1, -0.05) is 30.8 Å². The number of fused-ring (bicyclic) bond motifs is 1. The number of nitrogens with zero attached hydrogens (tertiary/aromatic N) is 1. The second-order valence-electron chi connectivity index (χ2n) is 4.53. The summed E-state index contributed by atoms with van der Waals surface area (Å²) in [5.41, 5.74) is 6.32. The van der Waals surface area contributed by atoms with Crippen molar-refractivity contribution in [1.29, 1.82) is 0 Å². The van der Waals surface area contributed by atoms with Gasteiger partial charge in [-0.3, -0.25) is 13.3 Å². The van der Waals surface area contributed by atoms with E-state index in [4.69, 9.17) is 5.73 Å². The lowest BCUT2D eigenvalue weighted by Gasteiger charge is -2.15. The van der Waals surface area contributed by atoms with Crippen LogP contribution in [0.2, 0.25) is 0 Å². The molecule has 0 aliphatic carbocycles. The fourth-order valence-corrected chi connectivity index (χ4v) is 3.40. The van der Waals surface area contributed by atoms with E-state index in [0.717, 1.165) is 6.08 Å². The number of hydrogen-bond acceptors (Lipinski definition) is 4. The van der Waals surface area contributed by atoms with Crippen LogP contribution in [0.4, 0.5) is 5.69 Å². The Balaban J connectivity index is 2.65. The minimum absolute atomic E-state index is 0.0370. The van der Waals surface area contributed by atoms with Crippen LogP contribution in [0.5, 0.6) is 0 Å². The number of amides is 1. The Morgan fingerprint density at radius 1 is 1.32 bits per heavy atom. The van der Waals surface area contributed by atoms with Crippen molar-refractivity contribution in [3.8, 4) is 0 Å². The van der Waals surface area contributed by atoms with Gasteiger partial charge in [0.25, 0.3) is 16.0 Å². The fraction of sp³-hybridized carbons (Fsp3) is 0.0714. The van der Waals surface area contributed by atoms with Gasteiger partial charge < -0.3 is 5.73 Å². The lowest BCUT2D eigenvalue weighted by atomic mass is 10.0. The van der Waals surface area contributed by atoms with Gasteiger partial charge in [0.2, 0.25) is 0 Å². The van der Waals surface area contributed by atoms with Crippen LogP contribution in [0.25, 0.3) is 10.8 Å². The first-order valence-electron chi connectivity index (χ1n) is 6.13. The molecule has 2 aromatic carbocycles. The lowest BCUT2D eigenvalue weighted by molar-refractivity contribution is -0.121. The van der Waals surface area contributed by atoms with Gasteiger partial charge in [-0.2, -0.15) is 8.42 Å². The van der Waals surface area contributed by atoms with E-state index >= 15 is 0 Å². The predicted molar refractivity (Wildman–Crippen MR) is 87.8 cm³/mol. The maximum Gasteiger partial charge on any atom is 0.297 e. The van der Waals surface area contributed by atoms with Crippen molar-refractivity contribution in [3.63, 3.8) is 0 Å². The summed E-state index contributed by atoms with van der Waals surface area (Å²) in [7, 11) is -4.46. The first kappa shape index (κ1) is 16.5. The molecule has 0 radical (unpaired) electrons. The first-order chi connectivity index (χ1) is 10.3. The first-order valence-corrected chi connectivity index (χ1v) is 8.28. The number of carbonyl (C=O) groups is 1. The van der Waals surface area contributed by atoms with Crippen LogP contribution in [0.15, 0.2) is 47.9 Å². The van der Waals surface area contributed by atoms with Crippen LogP contribution in [-0.4, -0.2) is 22.8 Å². The Kier molecular flexibility index (Phi) is 4.55. The molecule has 2 rings (SSSR count). The van der Waals surface area contributed by atoms with Crippen LogP contribution in [0.3, 0.4) is 0 Å². The van der Waals surface area contributed by atoms with Crippen LogP contribution in [0.1, 0.15) is 5.56 Å². The number of nitrogens with two attached hydrogens (primary N) is 1. The third-order valence-corrected chi connectivity index (χ3v) is 4.69. The molecule has 0 atom stereocenters. The van der Waals surface area contributed by atoms with Gasteiger partial charge in [0.1, 0.15) is 4.90 Å². The molecule has 2 aromatic rings. The van der Waals surface area contributed by atoms with Crippen molar-refractivity contribution >= 4 is 48.6 Å². The number of benzene rings is 2. The molecule has 6 nitrogen and oxygen atoms in total. The number of rotatable bonds is 4. The van der Waals surface area contributed by atoms with Crippen molar-refractivity contribution in [2.45, 2.75) is 11.4 Å². The van der Waals surface area contributed by atoms with Gasteiger partial charge in [0, 0.05) is 5.39 Å². The normalized spacial score (nSPS) is 11.4. The zero-order valence-corrected chi connectivity index (χ0v) is 13.8. The van der Waals surface area contributed by atoms with Crippen LogP contribution in [0, 0.1) is 0 Å². The molecule has 0 fully saturated rings. The monoisotopic (exact) mass is 384 g/mol. The Labute approximate surface area is 136 Å². The fourth-order valence-electron chi connectivity index (χ4n) is 2.16. The smallest absolute Gasteiger partial charge is 0.297 e. The Morgan fingerprint density at radius 2 is 2.00 bits per heavy atom. The molecule has 1 amide bonds. The number of carbonyl (C=O) groups excluding carboxylic acids is 1. The highest BCUT2D eigenvalue weighted by molar-refractivity contribution is 9.07. The molecule has 0 heterocycles. The molecule has 8 heteroatoms. The average Bonchev–Trinajstić information content (AvgIpc) is 2.44. The van der Waals surface area contributed by atoms with Gasteiger partial charge in [-0.15, -0.1) is 0 Å². The van der Waals surface area contributed by atoms with Gasteiger partial charge >= 0.3 is 0 Å². The van der Waals surface area contributed by atoms with Gasteiger partial charge in [-0.05, 0) is 23.1 Å². The van der Waals surface area contributed by atoms with E-state index < -0.39 is 10.1 Å². The third kappa shape index (κ3) is 3.13. The highest BCUT2D eigenvalue weighted by Gasteiger charge is 2.19. The molecule has 0 unspecified atom stereocenters. The summed E-state index contributed by atoms with van der Waals surface area (Å²) >= 11 is 3.12. The summed E-state index contributed by atoms with van der Waals surface area (Å²) in [4.78, 5) is 11.2. The number of halogens is 1. The third-order valence-electron chi connectivity index (χ3n) is 3.11. The summed E-state index contributed by atoms with van der Waals surface area (Å²) in [5.74, 6) is -0.331. The maximum atomic E-state index is 11.5. The molecule has 3 N–H and O–H groups in total. The Bertz CT molecular complexity index is 865. The summed E-state index contributed by atoms with van der Waals surface area (Å²) in [6.07, 6.45) is 1.15. The van der Waals surface area contributed by atoms with Crippen LogP contribution >= 0.6 is 16.1 Å². The van der Waals surface area contributed by atoms with Gasteiger partial charge in [-0.25, -0.2) is 0 Å². The molecule has 0 bridgehead atoms. The zero-order valence-electron chi connectivity index (χ0n) is 11.4. The highest BCUT2D eigenvalue weighted by atomic mass is 79.9. The van der Waals surface area contributed by atoms with E-state index in [-0.39, 0.29) is 23.0 Å². The minimum atomic E-state index is -4.46. The van der Waals surface area contributed by atoms with Crippen molar-refractivity contribution < 1.29 is 17.8 Å². The average molecular weight is 385 g/mol. The largest absolute Gasteiger partial charge is 0.398 e. The second-order valence-corrected chi connectivity index (χ2v) is 6.75. The Hall–Kier alpha value is -1.90. The quantitative estimate of drug-likeness (QED) is 0.365. The summed E-state index contributed by atoms with van der Waals surface area (Å²) in [5, 5.41) is 0.873. The predicted octanol–water partition coefficient (Wildman–Crippen LogP) is 2.49. The van der Waals surface area contributed by atoms with E-state index in [1.165, 1.54) is 9.99 Å². The van der Waals surface area contributed by atoms with E-state index in [0.29, 0.717) is 16.3 Å². The van der Waals surface area contributed by atoms with E-state index in [1.807, 2.05) is 0 Å². The van der Waals surface area contributed by atoms with Crippen molar-refractivity contribution in [2.75, 3.05) is 5.73 Å². The SMILES string of the molecule is C=CC(=O)N(Br)Cc1cccc2c(S(=O)(=O)O)c(N)ccc12. The van der Waals surface area contributed by atoms with Crippen molar-refractivity contribution in [1.82, 2.24) is 3.93 Å². The van der Waals surface area contributed by atoms with E-state index in [2.05, 4.69) is 22.7 Å². The second kappa shape index (κ2) is 6.07. The van der Waals surface area contributed by atoms with Crippen molar-refractivity contribution in [3.05, 3.63) is 48.6 Å². The molecule has 0 saturated carbocycles. The molecule has 0 aliphatic rings. The summed E-state index contributed by atoms with van der Waals surface area (Å²) in [6, 6.07) is 7.98. The molecule has 116 valence electrons. The Morgan fingerprint density at radius 3 is 2.59 bits per heavy atom. The van der Waals surface area contributed by atoms with E-state index in [9.17, 15) is 17.8 Å². The summed E-state index contributed by atoms with van der Waals surface area (Å²) < 4.78 is 33.7. The van der Waals surface area contributed by atoms with Gasteiger partial charge in [0.15, 0.2) is 0 Å². The molecule has 0 aromatic heterocycles. The molecule has 0 aliphatic heterocycles. The minimum Gasteiger partial charge on any atom is -0.398 e. The van der Waals surface area contributed by atoms with Crippen LogP contribution in [-0.2, 0) is 21.5 Å². The maximum absolute atomic E-state index is 11.5. The van der Waals surface area contributed by atoms with Gasteiger partial charge in [0.05, 0.1) is 28.4 Å². The molecular formula is C14H13BrN2O4S. The molecule has 0 saturated heterocycles.